The number of benzene rings is 1. The topological polar surface area (TPSA) is 58.4 Å². The van der Waals surface area contributed by atoms with Crippen LogP contribution in [-0.4, -0.2) is 42.6 Å². The minimum absolute atomic E-state index is 0. The average Bonchev–Trinajstić information content (AvgIpc) is 2.97. The van der Waals surface area contributed by atoms with Crippen LogP contribution in [0.15, 0.2) is 34.9 Å². The van der Waals surface area contributed by atoms with Crippen molar-refractivity contribution in [3.05, 3.63) is 41.7 Å². The Morgan fingerprint density at radius 1 is 1.29 bits per heavy atom. The van der Waals surface area contributed by atoms with Crippen LogP contribution in [-0.2, 0) is 0 Å². The molecule has 1 aliphatic heterocycles. The Kier molecular flexibility index (Phi) is 6.40. The van der Waals surface area contributed by atoms with Crippen molar-refractivity contribution in [1.82, 2.24) is 15.4 Å². The standard InChI is InChI=1S/C18H23N3O2.ClH/c1-13-16(17(20-23-13)15-6-4-3-5-7-15)18(22)21-10-8-14(9-11-21)12-19-2;/h3-7,14,19H,8-12H2,1-2H3;1H. The molecule has 1 amide bonds. The second-order valence-corrected chi connectivity index (χ2v) is 6.12. The summed E-state index contributed by atoms with van der Waals surface area (Å²) >= 11 is 0. The van der Waals surface area contributed by atoms with Gasteiger partial charge in [-0.2, -0.15) is 0 Å². The van der Waals surface area contributed by atoms with Crippen LogP contribution in [0.4, 0.5) is 0 Å². The first kappa shape index (κ1) is 18.5. The summed E-state index contributed by atoms with van der Waals surface area (Å²) in [5.74, 6) is 1.28. The number of carbonyl (C=O) groups is 1. The van der Waals surface area contributed by atoms with E-state index < -0.39 is 0 Å². The lowest BCUT2D eigenvalue weighted by molar-refractivity contribution is 0.0690. The first-order valence-corrected chi connectivity index (χ1v) is 8.16. The van der Waals surface area contributed by atoms with E-state index in [2.05, 4.69) is 10.5 Å². The van der Waals surface area contributed by atoms with Crippen LogP contribution in [0.3, 0.4) is 0 Å². The Bertz CT molecular complexity index is 664. The minimum Gasteiger partial charge on any atom is -0.360 e. The number of carbonyl (C=O) groups excluding carboxylic acids is 1. The number of aromatic nitrogens is 1. The Labute approximate surface area is 148 Å². The maximum atomic E-state index is 13.0. The predicted molar refractivity (Wildman–Crippen MR) is 96.5 cm³/mol. The number of halogens is 1. The van der Waals surface area contributed by atoms with Gasteiger partial charge >= 0.3 is 0 Å². The van der Waals surface area contributed by atoms with Gasteiger partial charge in [0.25, 0.3) is 5.91 Å². The zero-order valence-corrected chi connectivity index (χ0v) is 14.9. The molecule has 0 unspecified atom stereocenters. The molecule has 1 aliphatic rings. The maximum absolute atomic E-state index is 13.0. The van der Waals surface area contributed by atoms with Gasteiger partial charge in [-0.05, 0) is 39.3 Å². The minimum atomic E-state index is 0. The molecule has 5 nitrogen and oxygen atoms in total. The number of likely N-dealkylation sites (tertiary alicyclic amines) is 1. The summed E-state index contributed by atoms with van der Waals surface area (Å²) in [5, 5.41) is 7.33. The van der Waals surface area contributed by atoms with Gasteiger partial charge in [0, 0.05) is 18.7 Å². The monoisotopic (exact) mass is 349 g/mol. The number of amides is 1. The summed E-state index contributed by atoms with van der Waals surface area (Å²) in [6, 6.07) is 9.73. The van der Waals surface area contributed by atoms with Crippen LogP contribution < -0.4 is 5.32 Å². The van der Waals surface area contributed by atoms with E-state index in [9.17, 15) is 4.79 Å². The highest BCUT2D eigenvalue weighted by Crippen LogP contribution is 2.28. The second kappa shape index (κ2) is 8.31. The fraction of sp³-hybridized carbons (Fsp3) is 0.444. The lowest BCUT2D eigenvalue weighted by Crippen LogP contribution is -2.40. The SMILES string of the molecule is CNCC1CCN(C(=O)c2c(-c3ccccc3)noc2C)CC1.Cl. The highest BCUT2D eigenvalue weighted by molar-refractivity contribution is 6.00. The number of hydrogen-bond donors (Lipinski definition) is 1. The van der Waals surface area contributed by atoms with E-state index in [0.717, 1.165) is 38.0 Å². The van der Waals surface area contributed by atoms with Gasteiger partial charge in [-0.1, -0.05) is 35.5 Å². The summed E-state index contributed by atoms with van der Waals surface area (Å²) in [4.78, 5) is 14.9. The molecule has 0 spiro atoms. The smallest absolute Gasteiger partial charge is 0.259 e. The van der Waals surface area contributed by atoms with E-state index in [4.69, 9.17) is 4.52 Å². The van der Waals surface area contributed by atoms with Crippen molar-refractivity contribution >= 4 is 18.3 Å². The molecule has 2 aromatic rings. The number of nitrogens with zero attached hydrogens (tertiary/aromatic N) is 2. The van der Waals surface area contributed by atoms with Gasteiger partial charge in [0.2, 0.25) is 0 Å². The predicted octanol–water partition coefficient (Wildman–Crippen LogP) is 3.14. The normalized spacial score (nSPS) is 15.2. The molecule has 2 heterocycles. The van der Waals surface area contributed by atoms with E-state index in [1.807, 2.05) is 42.3 Å². The van der Waals surface area contributed by atoms with E-state index in [1.54, 1.807) is 6.92 Å². The van der Waals surface area contributed by atoms with E-state index in [1.165, 1.54) is 0 Å². The fourth-order valence-corrected chi connectivity index (χ4v) is 3.20. The van der Waals surface area contributed by atoms with Gasteiger partial charge in [0.1, 0.15) is 17.0 Å². The number of rotatable bonds is 4. The Morgan fingerprint density at radius 3 is 2.58 bits per heavy atom. The number of aryl methyl sites for hydroxylation is 1. The molecule has 1 aromatic carbocycles. The molecule has 1 N–H and O–H groups in total. The Balaban J connectivity index is 0.00000208. The molecule has 1 saturated heterocycles. The molecule has 6 heteroatoms. The summed E-state index contributed by atoms with van der Waals surface area (Å²) in [6.45, 7) is 4.41. The largest absolute Gasteiger partial charge is 0.360 e. The first-order valence-electron chi connectivity index (χ1n) is 8.16. The molecule has 130 valence electrons. The van der Waals surface area contributed by atoms with Crippen molar-refractivity contribution in [2.45, 2.75) is 19.8 Å². The summed E-state index contributed by atoms with van der Waals surface area (Å²) in [6.07, 6.45) is 2.08. The van der Waals surface area contributed by atoms with E-state index >= 15 is 0 Å². The Morgan fingerprint density at radius 2 is 1.96 bits per heavy atom. The van der Waals surface area contributed by atoms with Crippen molar-refractivity contribution < 1.29 is 9.32 Å². The van der Waals surface area contributed by atoms with Crippen LogP contribution in [0.25, 0.3) is 11.3 Å². The molecule has 3 rings (SSSR count). The molecule has 1 fully saturated rings. The number of piperidine rings is 1. The van der Waals surface area contributed by atoms with Crippen LogP contribution in [0, 0.1) is 12.8 Å². The molecule has 0 saturated carbocycles. The molecule has 0 atom stereocenters. The van der Waals surface area contributed by atoms with Crippen LogP contribution in [0.1, 0.15) is 29.0 Å². The van der Waals surface area contributed by atoms with Crippen molar-refractivity contribution in [3.63, 3.8) is 0 Å². The number of hydrogen-bond acceptors (Lipinski definition) is 4. The van der Waals surface area contributed by atoms with Gasteiger partial charge in [-0.3, -0.25) is 4.79 Å². The third-order valence-electron chi connectivity index (χ3n) is 4.52. The molecule has 24 heavy (non-hydrogen) atoms. The summed E-state index contributed by atoms with van der Waals surface area (Å²) in [5.41, 5.74) is 2.16. The molecular weight excluding hydrogens is 326 g/mol. The summed E-state index contributed by atoms with van der Waals surface area (Å²) < 4.78 is 5.31. The second-order valence-electron chi connectivity index (χ2n) is 6.12. The molecular formula is C18H24ClN3O2. The summed E-state index contributed by atoms with van der Waals surface area (Å²) in [7, 11) is 1.98. The highest BCUT2D eigenvalue weighted by Gasteiger charge is 2.28. The van der Waals surface area contributed by atoms with Crippen LogP contribution in [0.2, 0.25) is 0 Å². The average molecular weight is 350 g/mol. The van der Waals surface area contributed by atoms with Crippen molar-refractivity contribution in [2.24, 2.45) is 5.92 Å². The lowest BCUT2D eigenvalue weighted by atomic mass is 9.96. The third kappa shape index (κ3) is 3.79. The Hall–Kier alpha value is -1.85. The van der Waals surface area contributed by atoms with Crippen LogP contribution >= 0.6 is 12.4 Å². The van der Waals surface area contributed by atoms with Gasteiger partial charge in [-0.15, -0.1) is 12.4 Å². The first-order chi connectivity index (χ1) is 11.2. The van der Waals surface area contributed by atoms with Crippen molar-refractivity contribution in [1.29, 1.82) is 0 Å². The molecule has 0 bridgehead atoms. The quantitative estimate of drug-likeness (QED) is 0.921. The fourth-order valence-electron chi connectivity index (χ4n) is 3.20. The van der Waals surface area contributed by atoms with Gasteiger partial charge in [-0.25, -0.2) is 0 Å². The van der Waals surface area contributed by atoms with Crippen molar-refractivity contribution in [2.75, 3.05) is 26.7 Å². The number of nitrogens with one attached hydrogen (secondary N) is 1. The molecule has 0 aliphatic carbocycles. The van der Waals surface area contributed by atoms with Crippen molar-refractivity contribution in [3.8, 4) is 11.3 Å². The van der Waals surface area contributed by atoms with Gasteiger partial charge < -0.3 is 14.7 Å². The molecule has 0 radical (unpaired) electrons. The lowest BCUT2D eigenvalue weighted by Gasteiger charge is -2.32. The van der Waals surface area contributed by atoms with Crippen LogP contribution in [0.5, 0.6) is 0 Å². The van der Waals surface area contributed by atoms with Gasteiger partial charge in [0.05, 0.1) is 0 Å². The maximum Gasteiger partial charge on any atom is 0.259 e. The molecule has 1 aromatic heterocycles. The van der Waals surface area contributed by atoms with E-state index in [-0.39, 0.29) is 18.3 Å². The zero-order chi connectivity index (χ0) is 16.2. The van der Waals surface area contributed by atoms with E-state index in [0.29, 0.717) is 22.9 Å². The third-order valence-corrected chi connectivity index (χ3v) is 4.52. The van der Waals surface area contributed by atoms with Gasteiger partial charge in [0.15, 0.2) is 0 Å². The zero-order valence-electron chi connectivity index (χ0n) is 14.1. The highest BCUT2D eigenvalue weighted by atomic mass is 35.5.